The molecule has 5 heteroatoms. The molecule has 1 aromatic rings. The van der Waals surface area contributed by atoms with Gasteiger partial charge in [-0.3, -0.25) is 14.9 Å². The van der Waals surface area contributed by atoms with Gasteiger partial charge >= 0.3 is 0 Å². The summed E-state index contributed by atoms with van der Waals surface area (Å²) < 4.78 is 0. The predicted molar refractivity (Wildman–Crippen MR) is 88.3 cm³/mol. The van der Waals surface area contributed by atoms with Gasteiger partial charge in [-0.1, -0.05) is 12.1 Å². The lowest BCUT2D eigenvalue weighted by Gasteiger charge is -2.33. The van der Waals surface area contributed by atoms with Crippen molar-refractivity contribution in [2.45, 2.75) is 50.1 Å². The van der Waals surface area contributed by atoms with Crippen LogP contribution in [0.25, 0.3) is 0 Å². The third kappa shape index (κ3) is 2.34. The average molecular weight is 313 g/mol. The molecule has 2 N–H and O–H groups in total. The van der Waals surface area contributed by atoms with Crippen LogP contribution in [0.5, 0.6) is 0 Å². The fourth-order valence-corrected chi connectivity index (χ4v) is 4.29. The molecule has 23 heavy (non-hydrogen) atoms. The smallest absolute Gasteiger partial charge is 0.236 e. The van der Waals surface area contributed by atoms with Gasteiger partial charge in [0.2, 0.25) is 11.8 Å². The fourth-order valence-electron chi connectivity index (χ4n) is 4.29. The van der Waals surface area contributed by atoms with Gasteiger partial charge in [0.25, 0.3) is 0 Å². The Morgan fingerprint density at radius 1 is 1.17 bits per heavy atom. The maximum atomic E-state index is 12.3. The first kappa shape index (κ1) is 14.7. The summed E-state index contributed by atoms with van der Waals surface area (Å²) in [5.74, 6) is -0.344. The number of amides is 2. The summed E-state index contributed by atoms with van der Waals surface area (Å²) in [6, 6.07) is 9.60. The monoisotopic (exact) mass is 313 g/mol. The summed E-state index contributed by atoms with van der Waals surface area (Å²) in [6.07, 6.45) is 3.39. The number of anilines is 1. The Labute approximate surface area is 136 Å². The third-order valence-corrected chi connectivity index (χ3v) is 5.83. The van der Waals surface area contributed by atoms with Gasteiger partial charge in [0.05, 0.1) is 5.41 Å². The number of fused-ring (bicyclic) bond motifs is 1. The zero-order valence-corrected chi connectivity index (χ0v) is 13.5. The predicted octanol–water partition coefficient (Wildman–Crippen LogP) is 1.32. The average Bonchev–Trinajstić information content (AvgIpc) is 3.15. The minimum atomic E-state index is -0.602. The van der Waals surface area contributed by atoms with Crippen molar-refractivity contribution < 1.29 is 9.59 Å². The van der Waals surface area contributed by atoms with Crippen LogP contribution in [0.2, 0.25) is 0 Å². The number of hydrogen-bond donors (Lipinski definition) is 2. The molecule has 1 aromatic carbocycles. The van der Waals surface area contributed by atoms with Crippen molar-refractivity contribution in [3.8, 4) is 0 Å². The fraction of sp³-hybridized carbons (Fsp3) is 0.556. The van der Waals surface area contributed by atoms with E-state index in [0.717, 1.165) is 18.7 Å². The van der Waals surface area contributed by atoms with Gasteiger partial charge in [-0.15, -0.1) is 0 Å². The third-order valence-electron chi connectivity index (χ3n) is 5.83. The van der Waals surface area contributed by atoms with Gasteiger partial charge < -0.3 is 10.2 Å². The van der Waals surface area contributed by atoms with E-state index in [1.807, 2.05) is 6.92 Å². The van der Waals surface area contributed by atoms with E-state index in [0.29, 0.717) is 24.9 Å². The Kier molecular flexibility index (Phi) is 3.41. The van der Waals surface area contributed by atoms with Crippen LogP contribution in [-0.4, -0.2) is 37.0 Å². The highest BCUT2D eigenvalue weighted by Gasteiger charge is 2.40. The van der Waals surface area contributed by atoms with Crippen LogP contribution in [0.1, 0.15) is 38.2 Å². The molecule has 0 radical (unpaired) electrons. The number of carbonyl (C=O) groups is 2. The number of nitrogens with one attached hydrogen (secondary N) is 2. The van der Waals surface area contributed by atoms with Gasteiger partial charge in [0.1, 0.15) is 0 Å². The molecule has 0 spiro atoms. The molecule has 3 saturated heterocycles. The number of nitrogens with zero attached hydrogens (tertiary/aromatic N) is 1. The van der Waals surface area contributed by atoms with E-state index in [-0.39, 0.29) is 11.8 Å². The molecule has 0 saturated carbocycles. The lowest BCUT2D eigenvalue weighted by Crippen LogP contribution is -2.49. The summed E-state index contributed by atoms with van der Waals surface area (Å²) in [6.45, 7) is 4.13. The Hall–Kier alpha value is -1.88. The van der Waals surface area contributed by atoms with Crippen LogP contribution in [0, 0.1) is 0 Å². The second kappa shape index (κ2) is 5.34. The number of carbonyl (C=O) groups excluding carboxylic acids is 2. The molecule has 3 aliphatic heterocycles. The van der Waals surface area contributed by atoms with Gasteiger partial charge in [-0.25, -0.2) is 0 Å². The van der Waals surface area contributed by atoms with Crippen molar-refractivity contribution in [1.82, 2.24) is 10.6 Å². The molecule has 0 unspecified atom stereocenters. The highest BCUT2D eigenvalue weighted by molar-refractivity contribution is 6.03. The highest BCUT2D eigenvalue weighted by atomic mass is 16.2. The van der Waals surface area contributed by atoms with E-state index < -0.39 is 5.41 Å². The summed E-state index contributed by atoms with van der Waals surface area (Å²) in [5, 5.41) is 6.04. The molecule has 3 fully saturated rings. The largest absolute Gasteiger partial charge is 0.367 e. The minimum absolute atomic E-state index is 0.166. The highest BCUT2D eigenvalue weighted by Crippen LogP contribution is 2.35. The Morgan fingerprint density at radius 2 is 1.96 bits per heavy atom. The topological polar surface area (TPSA) is 61.4 Å². The first-order chi connectivity index (χ1) is 11.1. The van der Waals surface area contributed by atoms with Crippen molar-refractivity contribution in [3.63, 3.8) is 0 Å². The van der Waals surface area contributed by atoms with Crippen LogP contribution < -0.4 is 15.5 Å². The Balaban J connectivity index is 1.56. The number of piperidine rings is 1. The molecular formula is C18H23N3O2. The van der Waals surface area contributed by atoms with E-state index in [1.54, 1.807) is 0 Å². The first-order valence-electron chi connectivity index (χ1n) is 8.53. The van der Waals surface area contributed by atoms with Crippen molar-refractivity contribution in [2.24, 2.45) is 0 Å². The SMILES string of the molecule is C[C@]1(c2ccc(N3CC[C@@H]4NCC[C@@H]43)cc2)CCC(=O)NC1=O. The standard InChI is InChI=1S/C18H23N3O2/c1-18(9-6-16(22)20-17(18)23)12-2-4-13(5-3-12)21-11-8-14-15(21)7-10-19-14/h2-5,14-15,19H,6-11H2,1H3,(H,20,22,23)/t14-,15-,18+/m0/s1. The lowest BCUT2D eigenvalue weighted by atomic mass is 9.75. The number of rotatable bonds is 2. The van der Waals surface area contributed by atoms with Crippen LogP contribution in [0.3, 0.4) is 0 Å². The van der Waals surface area contributed by atoms with Crippen molar-refractivity contribution in [1.29, 1.82) is 0 Å². The zero-order valence-electron chi connectivity index (χ0n) is 13.5. The number of benzene rings is 1. The van der Waals surface area contributed by atoms with Crippen LogP contribution in [-0.2, 0) is 15.0 Å². The minimum Gasteiger partial charge on any atom is -0.367 e. The van der Waals surface area contributed by atoms with Crippen LogP contribution >= 0.6 is 0 Å². The molecule has 122 valence electrons. The normalized spacial score (nSPS) is 33.7. The van der Waals surface area contributed by atoms with Crippen molar-refractivity contribution in [3.05, 3.63) is 29.8 Å². The lowest BCUT2D eigenvalue weighted by molar-refractivity contribution is -0.137. The molecule has 4 rings (SSSR count). The van der Waals surface area contributed by atoms with E-state index in [1.165, 1.54) is 18.5 Å². The van der Waals surface area contributed by atoms with Gasteiger partial charge in [-0.05, 0) is 50.4 Å². The van der Waals surface area contributed by atoms with E-state index in [4.69, 9.17) is 0 Å². The van der Waals surface area contributed by atoms with Crippen molar-refractivity contribution >= 4 is 17.5 Å². The summed E-state index contributed by atoms with van der Waals surface area (Å²) in [7, 11) is 0. The summed E-state index contributed by atoms with van der Waals surface area (Å²) >= 11 is 0. The summed E-state index contributed by atoms with van der Waals surface area (Å²) in [5.41, 5.74) is 1.63. The second-order valence-electron chi connectivity index (χ2n) is 7.15. The van der Waals surface area contributed by atoms with Gasteiger partial charge in [0, 0.05) is 30.7 Å². The molecule has 0 aromatic heterocycles. The maximum Gasteiger partial charge on any atom is 0.236 e. The van der Waals surface area contributed by atoms with Crippen molar-refractivity contribution in [2.75, 3.05) is 18.0 Å². The summed E-state index contributed by atoms with van der Waals surface area (Å²) in [4.78, 5) is 26.1. The molecule has 2 amide bonds. The van der Waals surface area contributed by atoms with E-state index in [9.17, 15) is 9.59 Å². The molecule has 0 bridgehead atoms. The molecule has 0 aliphatic carbocycles. The van der Waals surface area contributed by atoms with E-state index >= 15 is 0 Å². The Morgan fingerprint density at radius 3 is 2.70 bits per heavy atom. The molecular weight excluding hydrogens is 290 g/mol. The number of imide groups is 1. The molecule has 3 heterocycles. The zero-order chi connectivity index (χ0) is 16.0. The first-order valence-corrected chi connectivity index (χ1v) is 8.53. The second-order valence-corrected chi connectivity index (χ2v) is 7.15. The quantitative estimate of drug-likeness (QED) is 0.809. The number of hydrogen-bond acceptors (Lipinski definition) is 4. The Bertz CT molecular complexity index is 642. The van der Waals surface area contributed by atoms with Gasteiger partial charge in [0.15, 0.2) is 0 Å². The van der Waals surface area contributed by atoms with E-state index in [2.05, 4.69) is 39.8 Å². The molecule has 3 aliphatic rings. The molecule has 3 atom stereocenters. The maximum absolute atomic E-state index is 12.3. The van der Waals surface area contributed by atoms with Crippen LogP contribution in [0.15, 0.2) is 24.3 Å². The van der Waals surface area contributed by atoms with Crippen LogP contribution in [0.4, 0.5) is 5.69 Å². The van der Waals surface area contributed by atoms with Gasteiger partial charge in [-0.2, -0.15) is 0 Å². The molecule has 5 nitrogen and oxygen atoms in total.